The first-order chi connectivity index (χ1) is 6.86. The monoisotopic (exact) mass is 211 g/mol. The second-order valence-corrected chi connectivity index (χ2v) is 3.50. The molecule has 0 aliphatic heterocycles. The first-order valence-corrected chi connectivity index (χ1v) is 5.93. The molecule has 1 rings (SSSR count). The number of anilines is 1. The summed E-state index contributed by atoms with van der Waals surface area (Å²) in [6.45, 7) is 2.87. The topological polar surface area (TPSA) is 36.1 Å². The second-order valence-electron chi connectivity index (χ2n) is 2.89. The van der Waals surface area contributed by atoms with Crippen molar-refractivity contribution in [3.8, 4) is 0 Å². The molecular formula is C10H17N3S. The Bertz CT molecular complexity index is 248. The Hall–Kier alpha value is -0.710. The van der Waals surface area contributed by atoms with Gasteiger partial charge in [0.15, 0.2) is 0 Å². The summed E-state index contributed by atoms with van der Waals surface area (Å²) in [6.07, 6.45) is 3.07. The van der Waals surface area contributed by atoms with E-state index in [1.807, 2.05) is 6.26 Å². The number of hydrazine groups is 1. The Morgan fingerprint density at radius 2 is 1.93 bits per heavy atom. The van der Waals surface area contributed by atoms with Gasteiger partial charge in [-0.1, -0.05) is 31.0 Å². The van der Waals surface area contributed by atoms with E-state index in [9.17, 15) is 0 Å². The van der Waals surface area contributed by atoms with Gasteiger partial charge in [0, 0.05) is 5.69 Å². The molecular weight excluding hydrogens is 194 g/mol. The third kappa shape index (κ3) is 4.00. The first-order valence-electron chi connectivity index (χ1n) is 4.70. The molecule has 1 aromatic carbocycles. The number of hydrogen-bond donors (Lipinski definition) is 3. The molecule has 0 heterocycles. The molecule has 3 nitrogen and oxygen atoms in total. The van der Waals surface area contributed by atoms with Crippen LogP contribution in [0.5, 0.6) is 0 Å². The quantitative estimate of drug-likeness (QED) is 0.291. The van der Waals surface area contributed by atoms with E-state index < -0.39 is 0 Å². The summed E-state index contributed by atoms with van der Waals surface area (Å²) in [7, 11) is 0. The second kappa shape index (κ2) is 6.70. The lowest BCUT2D eigenvalue weighted by molar-refractivity contribution is 0.730. The molecule has 78 valence electrons. The molecule has 0 unspecified atom stereocenters. The standard InChI is InChI=1S/C10H17N3S/c1-3-9-4-6-10(7-5-9)11-8-12-13-14-2/h4-7,11-13H,3,8H2,1-2H3. The molecule has 0 aliphatic rings. The van der Waals surface area contributed by atoms with Gasteiger partial charge in [0.25, 0.3) is 0 Å². The minimum absolute atomic E-state index is 0.715. The van der Waals surface area contributed by atoms with Crippen LogP contribution in [-0.2, 0) is 6.42 Å². The van der Waals surface area contributed by atoms with Crippen molar-refractivity contribution in [1.29, 1.82) is 0 Å². The van der Waals surface area contributed by atoms with Gasteiger partial charge in [-0.3, -0.25) is 0 Å². The maximum Gasteiger partial charge on any atom is 0.0792 e. The molecule has 0 aromatic heterocycles. The van der Waals surface area contributed by atoms with E-state index in [1.165, 1.54) is 5.56 Å². The summed E-state index contributed by atoms with van der Waals surface area (Å²) in [5.74, 6) is 0. The van der Waals surface area contributed by atoms with Gasteiger partial charge in [0.05, 0.1) is 6.67 Å². The van der Waals surface area contributed by atoms with Gasteiger partial charge in [-0.25, -0.2) is 5.43 Å². The van der Waals surface area contributed by atoms with Crippen LogP contribution in [0.2, 0.25) is 0 Å². The third-order valence-electron chi connectivity index (χ3n) is 1.92. The van der Waals surface area contributed by atoms with Gasteiger partial charge < -0.3 is 5.32 Å². The van der Waals surface area contributed by atoms with Crippen LogP contribution in [0, 0.1) is 0 Å². The molecule has 0 amide bonds. The molecule has 0 bridgehead atoms. The highest BCUT2D eigenvalue weighted by molar-refractivity contribution is 7.96. The van der Waals surface area contributed by atoms with Crippen LogP contribution < -0.4 is 15.6 Å². The highest BCUT2D eigenvalue weighted by Gasteiger charge is 1.91. The van der Waals surface area contributed by atoms with Crippen LogP contribution in [-0.4, -0.2) is 12.9 Å². The Morgan fingerprint density at radius 3 is 2.50 bits per heavy atom. The average Bonchev–Trinajstić information content (AvgIpc) is 2.25. The minimum Gasteiger partial charge on any atom is -0.371 e. The van der Waals surface area contributed by atoms with Gasteiger partial charge in [-0.2, -0.15) is 4.83 Å². The Labute approximate surface area is 89.8 Å². The van der Waals surface area contributed by atoms with Crippen LogP contribution in [0.1, 0.15) is 12.5 Å². The molecule has 0 fully saturated rings. The van der Waals surface area contributed by atoms with Crippen LogP contribution in [0.25, 0.3) is 0 Å². The van der Waals surface area contributed by atoms with E-state index in [-0.39, 0.29) is 0 Å². The van der Waals surface area contributed by atoms with Crippen LogP contribution in [0.3, 0.4) is 0 Å². The molecule has 4 heteroatoms. The van der Waals surface area contributed by atoms with Gasteiger partial charge in [0.2, 0.25) is 0 Å². The SMILES string of the molecule is CCc1ccc(NCNNSC)cc1. The minimum atomic E-state index is 0.715. The van der Waals surface area contributed by atoms with Crippen LogP contribution in [0.15, 0.2) is 24.3 Å². The maximum absolute atomic E-state index is 3.24. The summed E-state index contributed by atoms with van der Waals surface area (Å²) in [6, 6.07) is 8.48. The molecule has 0 saturated heterocycles. The zero-order chi connectivity index (χ0) is 10.2. The summed E-state index contributed by atoms with van der Waals surface area (Å²) < 4.78 is 0. The number of benzene rings is 1. The van der Waals surface area contributed by atoms with E-state index in [0.29, 0.717) is 6.67 Å². The summed E-state index contributed by atoms with van der Waals surface area (Å²) in [4.78, 5) is 2.95. The number of nitrogens with one attached hydrogen (secondary N) is 3. The van der Waals surface area contributed by atoms with E-state index in [2.05, 4.69) is 46.8 Å². The van der Waals surface area contributed by atoms with Crippen molar-refractivity contribution in [1.82, 2.24) is 10.3 Å². The summed E-state index contributed by atoms with van der Waals surface area (Å²) >= 11 is 1.54. The molecule has 14 heavy (non-hydrogen) atoms. The number of aryl methyl sites for hydroxylation is 1. The van der Waals surface area contributed by atoms with Crippen LogP contribution >= 0.6 is 11.9 Å². The number of rotatable bonds is 6. The first kappa shape index (κ1) is 11.4. The fourth-order valence-corrected chi connectivity index (χ4v) is 1.33. The lowest BCUT2D eigenvalue weighted by atomic mass is 10.1. The Kier molecular flexibility index (Phi) is 5.44. The van der Waals surface area contributed by atoms with Crippen molar-refractivity contribution in [2.24, 2.45) is 0 Å². The lowest BCUT2D eigenvalue weighted by Gasteiger charge is -2.08. The summed E-state index contributed by atoms with van der Waals surface area (Å²) in [5.41, 5.74) is 5.52. The molecule has 0 aliphatic carbocycles. The third-order valence-corrected chi connectivity index (χ3v) is 2.27. The van der Waals surface area contributed by atoms with Crippen molar-refractivity contribution in [3.05, 3.63) is 29.8 Å². The van der Waals surface area contributed by atoms with Crippen LogP contribution in [0.4, 0.5) is 5.69 Å². The zero-order valence-corrected chi connectivity index (χ0v) is 9.45. The Balaban J connectivity index is 2.29. The van der Waals surface area contributed by atoms with E-state index in [1.54, 1.807) is 11.9 Å². The van der Waals surface area contributed by atoms with Crippen molar-refractivity contribution in [3.63, 3.8) is 0 Å². The van der Waals surface area contributed by atoms with Crippen molar-refractivity contribution >= 4 is 17.6 Å². The zero-order valence-electron chi connectivity index (χ0n) is 8.63. The lowest BCUT2D eigenvalue weighted by Crippen LogP contribution is -2.30. The van der Waals surface area contributed by atoms with E-state index in [4.69, 9.17) is 0 Å². The highest BCUT2D eigenvalue weighted by Crippen LogP contribution is 2.08. The highest BCUT2D eigenvalue weighted by atomic mass is 32.2. The van der Waals surface area contributed by atoms with Gasteiger partial charge in [-0.15, -0.1) is 0 Å². The van der Waals surface area contributed by atoms with Crippen molar-refractivity contribution < 1.29 is 0 Å². The Morgan fingerprint density at radius 1 is 1.21 bits per heavy atom. The molecule has 0 atom stereocenters. The smallest absolute Gasteiger partial charge is 0.0792 e. The van der Waals surface area contributed by atoms with Crippen molar-refractivity contribution in [2.75, 3.05) is 18.2 Å². The fourth-order valence-electron chi connectivity index (χ4n) is 1.11. The fraction of sp³-hybridized carbons (Fsp3) is 0.400. The number of hydrogen-bond acceptors (Lipinski definition) is 4. The normalized spacial score (nSPS) is 10.1. The molecule has 1 aromatic rings. The predicted molar refractivity (Wildman–Crippen MR) is 64.1 cm³/mol. The maximum atomic E-state index is 3.24. The predicted octanol–water partition coefficient (Wildman–Crippen LogP) is 1.99. The molecule has 3 N–H and O–H groups in total. The molecule has 0 radical (unpaired) electrons. The summed E-state index contributed by atoms with van der Waals surface area (Å²) in [5, 5.41) is 3.24. The van der Waals surface area contributed by atoms with Gasteiger partial charge in [-0.05, 0) is 30.4 Å². The molecule has 0 spiro atoms. The van der Waals surface area contributed by atoms with E-state index in [0.717, 1.165) is 12.1 Å². The van der Waals surface area contributed by atoms with E-state index >= 15 is 0 Å². The van der Waals surface area contributed by atoms with Gasteiger partial charge >= 0.3 is 0 Å². The largest absolute Gasteiger partial charge is 0.371 e. The molecule has 0 saturated carbocycles. The average molecular weight is 211 g/mol. The van der Waals surface area contributed by atoms with Crippen molar-refractivity contribution in [2.45, 2.75) is 13.3 Å². The van der Waals surface area contributed by atoms with Gasteiger partial charge in [0.1, 0.15) is 0 Å².